The van der Waals surface area contributed by atoms with Crippen LogP contribution in [0.2, 0.25) is 0 Å². The molecule has 1 aromatic carbocycles. The summed E-state index contributed by atoms with van der Waals surface area (Å²) in [6.07, 6.45) is 0.980. The average Bonchev–Trinajstić information content (AvgIpc) is 2.46. The van der Waals surface area contributed by atoms with Gasteiger partial charge in [0.25, 0.3) is 0 Å². The number of ether oxygens (including phenoxy) is 1. The van der Waals surface area contributed by atoms with Gasteiger partial charge in [-0.25, -0.2) is 0 Å². The van der Waals surface area contributed by atoms with Gasteiger partial charge < -0.3 is 10.1 Å². The fourth-order valence-corrected chi connectivity index (χ4v) is 2.38. The fourth-order valence-electron chi connectivity index (χ4n) is 2.38. The van der Waals surface area contributed by atoms with E-state index in [1.54, 1.807) is 7.11 Å². The van der Waals surface area contributed by atoms with Gasteiger partial charge in [0.1, 0.15) is 5.75 Å². The SMILES string of the molecule is CCC(Nc1ccc(C)nc1C)c1ccccc1OC. The van der Waals surface area contributed by atoms with Gasteiger partial charge in [-0.1, -0.05) is 25.1 Å². The zero-order valence-electron chi connectivity index (χ0n) is 12.6. The maximum Gasteiger partial charge on any atom is 0.124 e. The molecule has 1 heterocycles. The minimum atomic E-state index is 0.217. The van der Waals surface area contributed by atoms with Crippen molar-refractivity contribution in [1.29, 1.82) is 0 Å². The first kappa shape index (κ1) is 14.4. The topological polar surface area (TPSA) is 34.2 Å². The number of nitrogens with one attached hydrogen (secondary N) is 1. The summed E-state index contributed by atoms with van der Waals surface area (Å²) in [5.41, 5.74) is 4.32. The number of nitrogens with zero attached hydrogens (tertiary/aromatic N) is 1. The Hall–Kier alpha value is -2.03. The molecule has 0 amide bonds. The van der Waals surface area contributed by atoms with E-state index in [9.17, 15) is 0 Å². The van der Waals surface area contributed by atoms with Crippen molar-refractivity contribution in [3.8, 4) is 5.75 Å². The molecule has 0 radical (unpaired) electrons. The molecule has 106 valence electrons. The Morgan fingerprint density at radius 2 is 1.90 bits per heavy atom. The molecule has 1 N–H and O–H groups in total. The minimum absolute atomic E-state index is 0.217. The zero-order valence-corrected chi connectivity index (χ0v) is 12.6. The van der Waals surface area contributed by atoms with Gasteiger partial charge in [-0.05, 0) is 38.5 Å². The Balaban J connectivity index is 2.29. The van der Waals surface area contributed by atoms with Crippen LogP contribution in [-0.2, 0) is 0 Å². The first-order valence-corrected chi connectivity index (χ1v) is 6.99. The molecule has 0 spiro atoms. The van der Waals surface area contributed by atoms with Gasteiger partial charge in [0.2, 0.25) is 0 Å². The van der Waals surface area contributed by atoms with E-state index in [-0.39, 0.29) is 6.04 Å². The van der Waals surface area contributed by atoms with Crippen molar-refractivity contribution >= 4 is 5.69 Å². The van der Waals surface area contributed by atoms with E-state index in [0.29, 0.717) is 0 Å². The van der Waals surface area contributed by atoms with Crippen LogP contribution in [0.3, 0.4) is 0 Å². The lowest BCUT2D eigenvalue weighted by atomic mass is 10.0. The van der Waals surface area contributed by atoms with E-state index < -0.39 is 0 Å². The largest absolute Gasteiger partial charge is 0.496 e. The Bertz CT molecular complexity index is 581. The maximum atomic E-state index is 5.46. The lowest BCUT2D eigenvalue weighted by molar-refractivity contribution is 0.406. The highest BCUT2D eigenvalue weighted by Gasteiger charge is 2.14. The first-order chi connectivity index (χ1) is 9.65. The highest BCUT2D eigenvalue weighted by molar-refractivity contribution is 5.51. The highest BCUT2D eigenvalue weighted by atomic mass is 16.5. The van der Waals surface area contributed by atoms with Gasteiger partial charge in [0, 0.05) is 11.3 Å². The van der Waals surface area contributed by atoms with Gasteiger partial charge in [0.15, 0.2) is 0 Å². The lowest BCUT2D eigenvalue weighted by Gasteiger charge is -2.22. The van der Waals surface area contributed by atoms with Gasteiger partial charge in [-0.15, -0.1) is 0 Å². The molecule has 0 aliphatic heterocycles. The number of hydrogen-bond donors (Lipinski definition) is 1. The summed E-state index contributed by atoms with van der Waals surface area (Å²) in [4.78, 5) is 4.50. The van der Waals surface area contributed by atoms with Gasteiger partial charge in [0.05, 0.1) is 24.5 Å². The Kier molecular flexibility index (Phi) is 4.61. The molecular formula is C17H22N2O. The third-order valence-corrected chi connectivity index (χ3v) is 3.48. The summed E-state index contributed by atoms with van der Waals surface area (Å²) in [7, 11) is 1.71. The molecule has 20 heavy (non-hydrogen) atoms. The molecule has 0 fully saturated rings. The number of pyridine rings is 1. The molecular weight excluding hydrogens is 248 g/mol. The number of anilines is 1. The Labute approximate surface area is 121 Å². The molecule has 0 saturated heterocycles. The van der Waals surface area contributed by atoms with Gasteiger partial charge in [-0.3, -0.25) is 4.98 Å². The molecule has 3 nitrogen and oxygen atoms in total. The molecule has 2 rings (SSSR count). The number of para-hydroxylation sites is 1. The monoisotopic (exact) mass is 270 g/mol. The molecule has 1 atom stereocenters. The number of aromatic nitrogens is 1. The summed E-state index contributed by atoms with van der Waals surface area (Å²) in [6, 6.07) is 12.5. The Morgan fingerprint density at radius 3 is 2.55 bits per heavy atom. The van der Waals surface area contributed by atoms with E-state index >= 15 is 0 Å². The van der Waals surface area contributed by atoms with Crippen LogP contribution in [0.1, 0.15) is 36.3 Å². The standard InChI is InChI=1S/C17H22N2O/c1-5-15(14-8-6-7-9-17(14)20-4)19-16-11-10-12(2)18-13(16)3/h6-11,15,19H,5H2,1-4H3. The Morgan fingerprint density at radius 1 is 1.15 bits per heavy atom. The third-order valence-electron chi connectivity index (χ3n) is 3.48. The van der Waals surface area contributed by atoms with Crippen LogP contribution in [0.5, 0.6) is 5.75 Å². The van der Waals surface area contributed by atoms with E-state index in [4.69, 9.17) is 4.74 Å². The smallest absolute Gasteiger partial charge is 0.124 e. The first-order valence-electron chi connectivity index (χ1n) is 6.99. The molecule has 2 aromatic rings. The van der Waals surface area contributed by atoms with Crippen molar-refractivity contribution in [2.75, 3.05) is 12.4 Å². The molecule has 1 aromatic heterocycles. The van der Waals surface area contributed by atoms with Crippen LogP contribution in [0.25, 0.3) is 0 Å². The van der Waals surface area contributed by atoms with E-state index in [2.05, 4.69) is 29.4 Å². The number of benzene rings is 1. The lowest BCUT2D eigenvalue weighted by Crippen LogP contribution is -2.12. The summed E-state index contributed by atoms with van der Waals surface area (Å²) in [6.45, 7) is 6.21. The fraction of sp³-hybridized carbons (Fsp3) is 0.353. The third kappa shape index (κ3) is 3.10. The molecule has 3 heteroatoms. The normalized spacial score (nSPS) is 12.0. The summed E-state index contributed by atoms with van der Waals surface area (Å²) < 4.78 is 5.46. The zero-order chi connectivity index (χ0) is 14.5. The number of rotatable bonds is 5. The van der Waals surface area contributed by atoms with Crippen LogP contribution in [0, 0.1) is 13.8 Å². The van der Waals surface area contributed by atoms with Crippen LogP contribution in [0.15, 0.2) is 36.4 Å². The number of hydrogen-bond acceptors (Lipinski definition) is 3. The van der Waals surface area contributed by atoms with Crippen LogP contribution in [0.4, 0.5) is 5.69 Å². The van der Waals surface area contributed by atoms with Crippen molar-refractivity contribution in [2.24, 2.45) is 0 Å². The van der Waals surface area contributed by atoms with Gasteiger partial charge in [-0.2, -0.15) is 0 Å². The summed E-state index contributed by atoms with van der Waals surface area (Å²) in [5.74, 6) is 0.921. The number of aryl methyl sites for hydroxylation is 2. The highest BCUT2D eigenvalue weighted by Crippen LogP contribution is 2.30. The molecule has 0 aliphatic rings. The van der Waals surface area contributed by atoms with Crippen molar-refractivity contribution in [2.45, 2.75) is 33.2 Å². The predicted octanol–water partition coefficient (Wildman–Crippen LogP) is 4.27. The van der Waals surface area contributed by atoms with E-state index in [1.807, 2.05) is 38.1 Å². The van der Waals surface area contributed by atoms with Crippen LogP contribution < -0.4 is 10.1 Å². The molecule has 0 saturated carbocycles. The van der Waals surface area contributed by atoms with Crippen LogP contribution in [-0.4, -0.2) is 12.1 Å². The summed E-state index contributed by atoms with van der Waals surface area (Å²) >= 11 is 0. The predicted molar refractivity (Wildman–Crippen MR) is 83.4 cm³/mol. The summed E-state index contributed by atoms with van der Waals surface area (Å²) in [5, 5.41) is 3.57. The quantitative estimate of drug-likeness (QED) is 0.881. The van der Waals surface area contributed by atoms with E-state index in [0.717, 1.165) is 29.2 Å². The second-order valence-electron chi connectivity index (χ2n) is 4.93. The number of methoxy groups -OCH3 is 1. The minimum Gasteiger partial charge on any atom is -0.496 e. The molecule has 0 bridgehead atoms. The van der Waals surface area contributed by atoms with Crippen molar-refractivity contribution in [1.82, 2.24) is 4.98 Å². The molecule has 0 aliphatic carbocycles. The van der Waals surface area contributed by atoms with Crippen molar-refractivity contribution < 1.29 is 4.74 Å². The van der Waals surface area contributed by atoms with E-state index in [1.165, 1.54) is 5.56 Å². The maximum absolute atomic E-state index is 5.46. The van der Waals surface area contributed by atoms with Crippen molar-refractivity contribution in [3.63, 3.8) is 0 Å². The van der Waals surface area contributed by atoms with Gasteiger partial charge >= 0.3 is 0 Å². The van der Waals surface area contributed by atoms with Crippen LogP contribution >= 0.6 is 0 Å². The average molecular weight is 270 g/mol. The molecule has 1 unspecified atom stereocenters. The van der Waals surface area contributed by atoms with Crippen molar-refractivity contribution in [3.05, 3.63) is 53.3 Å². The second kappa shape index (κ2) is 6.42. The second-order valence-corrected chi connectivity index (χ2v) is 4.93.